The molecule has 1 aromatic carbocycles. The van der Waals surface area contributed by atoms with Crippen LogP contribution >= 0.6 is 11.8 Å². The van der Waals surface area contributed by atoms with Crippen LogP contribution in [0.1, 0.15) is 6.42 Å². The zero-order valence-electron chi connectivity index (χ0n) is 9.17. The highest BCUT2D eigenvalue weighted by Crippen LogP contribution is 2.36. The predicted molar refractivity (Wildman–Crippen MR) is 67.3 cm³/mol. The van der Waals surface area contributed by atoms with Crippen LogP contribution < -0.4 is 0 Å². The number of carboxylic acid groups (broad SMARTS) is 1. The number of hydrogen-bond donors (Lipinski definition) is 1. The predicted octanol–water partition coefficient (Wildman–Crippen LogP) is 1.95. The van der Waals surface area contributed by atoms with Crippen molar-refractivity contribution >= 4 is 28.6 Å². The van der Waals surface area contributed by atoms with E-state index in [0.29, 0.717) is 12.2 Å². The van der Waals surface area contributed by atoms with Gasteiger partial charge in [0.1, 0.15) is 0 Å². The van der Waals surface area contributed by atoms with E-state index in [9.17, 15) is 9.90 Å². The number of fused-ring (bicyclic) bond motifs is 1. The van der Waals surface area contributed by atoms with Gasteiger partial charge < -0.3 is 5.11 Å². The van der Waals surface area contributed by atoms with Crippen LogP contribution in [0.2, 0.25) is 0 Å². The smallest absolute Gasteiger partial charge is 0.332 e. The first-order valence-electron chi connectivity index (χ1n) is 5.48. The molecule has 0 saturated carbocycles. The first-order chi connectivity index (χ1) is 8.24. The molecule has 0 bridgehead atoms. The van der Waals surface area contributed by atoms with E-state index in [1.807, 2.05) is 24.3 Å². The van der Waals surface area contributed by atoms with Crippen molar-refractivity contribution in [2.45, 2.75) is 12.0 Å². The summed E-state index contributed by atoms with van der Waals surface area (Å²) in [4.78, 5) is 11.6. The average Bonchev–Trinajstić information content (AvgIpc) is 2.95. The molecular formula is C12H12N2O2S. The van der Waals surface area contributed by atoms with Crippen LogP contribution in [0.4, 0.5) is 0 Å². The van der Waals surface area contributed by atoms with Gasteiger partial charge in [-0.15, -0.1) is 0 Å². The summed E-state index contributed by atoms with van der Waals surface area (Å²) in [5, 5.41) is 14.8. The fraction of sp³-hybridized carbons (Fsp3) is 0.333. The number of thioether (sulfide) groups is 1. The minimum Gasteiger partial charge on any atom is -0.479 e. The Morgan fingerprint density at radius 3 is 3.00 bits per heavy atom. The first-order valence-corrected chi connectivity index (χ1v) is 6.64. The van der Waals surface area contributed by atoms with Crippen molar-refractivity contribution in [2.24, 2.45) is 0 Å². The largest absolute Gasteiger partial charge is 0.479 e. The summed E-state index contributed by atoms with van der Waals surface area (Å²) in [6.07, 6.45) is 2.38. The molecule has 17 heavy (non-hydrogen) atoms. The zero-order chi connectivity index (χ0) is 11.9. The SMILES string of the molecule is O=C(O)C1(n2ncc3ccccc32)CCSC1. The average molecular weight is 248 g/mol. The number of para-hydroxylation sites is 1. The Labute approximate surface area is 103 Å². The molecule has 1 fully saturated rings. The minimum absolute atomic E-state index is 0.591. The zero-order valence-corrected chi connectivity index (χ0v) is 9.98. The van der Waals surface area contributed by atoms with Crippen LogP contribution in [0.25, 0.3) is 10.9 Å². The number of rotatable bonds is 2. The standard InChI is InChI=1S/C12H12N2O2S/c15-11(16)12(5-6-17-8-12)14-10-4-2-1-3-9(10)7-13-14/h1-4,7H,5-6,8H2,(H,15,16). The van der Waals surface area contributed by atoms with Gasteiger partial charge in [0.15, 0.2) is 5.54 Å². The molecule has 1 N–H and O–H groups in total. The van der Waals surface area contributed by atoms with Gasteiger partial charge in [0, 0.05) is 11.1 Å². The Morgan fingerprint density at radius 2 is 2.29 bits per heavy atom. The fourth-order valence-electron chi connectivity index (χ4n) is 2.29. The highest BCUT2D eigenvalue weighted by Gasteiger charge is 2.45. The lowest BCUT2D eigenvalue weighted by molar-refractivity contribution is -0.146. The molecule has 3 rings (SSSR count). The summed E-state index contributed by atoms with van der Waals surface area (Å²) in [6, 6.07) is 7.73. The van der Waals surface area contributed by atoms with E-state index in [1.165, 1.54) is 0 Å². The van der Waals surface area contributed by atoms with Gasteiger partial charge in [-0.05, 0) is 18.2 Å². The molecule has 1 aromatic heterocycles. The maximum atomic E-state index is 11.6. The third-order valence-electron chi connectivity index (χ3n) is 3.28. The Kier molecular flexibility index (Phi) is 2.36. The Morgan fingerprint density at radius 1 is 1.47 bits per heavy atom. The molecule has 0 radical (unpaired) electrons. The van der Waals surface area contributed by atoms with Crippen LogP contribution in [0.15, 0.2) is 30.5 Å². The van der Waals surface area contributed by atoms with Crippen molar-refractivity contribution in [2.75, 3.05) is 11.5 Å². The van der Waals surface area contributed by atoms with E-state index >= 15 is 0 Å². The molecule has 0 amide bonds. The molecule has 1 unspecified atom stereocenters. The summed E-state index contributed by atoms with van der Waals surface area (Å²) < 4.78 is 1.69. The lowest BCUT2D eigenvalue weighted by Crippen LogP contribution is -2.42. The monoisotopic (exact) mass is 248 g/mol. The third-order valence-corrected chi connectivity index (χ3v) is 4.46. The number of nitrogens with zero attached hydrogens (tertiary/aromatic N) is 2. The Hall–Kier alpha value is -1.49. The van der Waals surface area contributed by atoms with Gasteiger partial charge in [-0.3, -0.25) is 0 Å². The summed E-state index contributed by atoms with van der Waals surface area (Å²) in [6.45, 7) is 0. The van der Waals surface area contributed by atoms with Crippen molar-refractivity contribution in [3.8, 4) is 0 Å². The number of benzene rings is 1. The molecule has 1 saturated heterocycles. The number of aliphatic carboxylic acids is 1. The molecule has 1 atom stereocenters. The maximum absolute atomic E-state index is 11.6. The first kappa shape index (κ1) is 10.7. The van der Waals surface area contributed by atoms with Crippen molar-refractivity contribution < 1.29 is 9.90 Å². The highest BCUT2D eigenvalue weighted by atomic mass is 32.2. The minimum atomic E-state index is -0.867. The number of aromatic nitrogens is 2. The second-order valence-electron chi connectivity index (χ2n) is 4.25. The molecule has 88 valence electrons. The van der Waals surface area contributed by atoms with Gasteiger partial charge in [0.2, 0.25) is 0 Å². The normalized spacial score (nSPS) is 24.2. The van der Waals surface area contributed by atoms with Crippen LogP contribution in [-0.4, -0.2) is 32.4 Å². The van der Waals surface area contributed by atoms with E-state index in [2.05, 4.69) is 5.10 Å². The van der Waals surface area contributed by atoms with Gasteiger partial charge in [-0.1, -0.05) is 18.2 Å². The molecule has 4 nitrogen and oxygen atoms in total. The van der Waals surface area contributed by atoms with E-state index in [4.69, 9.17) is 0 Å². The molecular weight excluding hydrogens is 236 g/mol. The van der Waals surface area contributed by atoms with Gasteiger partial charge in [-0.2, -0.15) is 16.9 Å². The van der Waals surface area contributed by atoms with Gasteiger partial charge in [-0.25, -0.2) is 9.48 Å². The van der Waals surface area contributed by atoms with Crippen molar-refractivity contribution in [1.82, 2.24) is 9.78 Å². The highest BCUT2D eigenvalue weighted by molar-refractivity contribution is 7.99. The lowest BCUT2D eigenvalue weighted by Gasteiger charge is -2.24. The summed E-state index contributed by atoms with van der Waals surface area (Å²) in [7, 11) is 0. The summed E-state index contributed by atoms with van der Waals surface area (Å²) in [5.41, 5.74) is 0.0331. The quantitative estimate of drug-likeness (QED) is 0.882. The van der Waals surface area contributed by atoms with Crippen molar-refractivity contribution in [1.29, 1.82) is 0 Å². The maximum Gasteiger partial charge on any atom is 0.332 e. The molecule has 0 aliphatic carbocycles. The van der Waals surface area contributed by atoms with Crippen LogP contribution in [-0.2, 0) is 10.3 Å². The van der Waals surface area contributed by atoms with E-state index < -0.39 is 11.5 Å². The Bertz CT molecular complexity index is 573. The summed E-state index contributed by atoms with van der Waals surface area (Å²) >= 11 is 1.67. The van der Waals surface area contributed by atoms with Crippen LogP contribution in [0, 0.1) is 0 Å². The molecule has 1 aliphatic heterocycles. The third kappa shape index (κ3) is 1.45. The lowest BCUT2D eigenvalue weighted by atomic mass is 9.99. The topological polar surface area (TPSA) is 55.1 Å². The summed E-state index contributed by atoms with van der Waals surface area (Å²) in [5.74, 6) is 0.686. The van der Waals surface area contributed by atoms with E-state index in [-0.39, 0.29) is 0 Å². The van der Waals surface area contributed by atoms with Crippen LogP contribution in [0.3, 0.4) is 0 Å². The van der Waals surface area contributed by atoms with Gasteiger partial charge in [0.25, 0.3) is 0 Å². The fourth-order valence-corrected chi connectivity index (χ4v) is 3.65. The molecule has 0 spiro atoms. The molecule has 5 heteroatoms. The van der Waals surface area contributed by atoms with Crippen molar-refractivity contribution in [3.63, 3.8) is 0 Å². The number of hydrogen-bond acceptors (Lipinski definition) is 3. The molecule has 2 heterocycles. The van der Waals surface area contributed by atoms with Crippen LogP contribution in [0.5, 0.6) is 0 Å². The number of carboxylic acids is 1. The molecule has 1 aliphatic rings. The van der Waals surface area contributed by atoms with E-state index in [0.717, 1.165) is 16.7 Å². The van der Waals surface area contributed by atoms with Gasteiger partial charge in [0.05, 0.1) is 11.7 Å². The van der Waals surface area contributed by atoms with E-state index in [1.54, 1.807) is 22.6 Å². The van der Waals surface area contributed by atoms with Gasteiger partial charge >= 0.3 is 5.97 Å². The number of carbonyl (C=O) groups is 1. The molecule has 2 aromatic rings. The second kappa shape index (κ2) is 3.77. The van der Waals surface area contributed by atoms with Crippen molar-refractivity contribution in [3.05, 3.63) is 30.5 Å². The Balaban J connectivity index is 2.22. The second-order valence-corrected chi connectivity index (χ2v) is 5.36.